The van der Waals surface area contributed by atoms with E-state index in [1.54, 1.807) is 0 Å². The van der Waals surface area contributed by atoms with E-state index in [0.29, 0.717) is 0 Å². The van der Waals surface area contributed by atoms with Gasteiger partial charge in [-0.05, 0) is 73.7 Å². The molecule has 0 heterocycles. The van der Waals surface area contributed by atoms with Gasteiger partial charge in [-0.2, -0.15) is 0 Å². The minimum atomic E-state index is 0.262. The van der Waals surface area contributed by atoms with Crippen LogP contribution in [0.25, 0.3) is 0 Å². The molecule has 0 saturated heterocycles. The molecule has 1 unspecified atom stereocenters. The van der Waals surface area contributed by atoms with Crippen LogP contribution in [0.1, 0.15) is 47.2 Å². The average molecular weight is 346 g/mol. The van der Waals surface area contributed by atoms with Crippen molar-refractivity contribution in [3.8, 4) is 0 Å². The fourth-order valence-electron chi connectivity index (χ4n) is 2.73. The van der Waals surface area contributed by atoms with Gasteiger partial charge in [-0.1, -0.05) is 47.1 Å². The van der Waals surface area contributed by atoms with Crippen LogP contribution in [0.15, 0.2) is 40.9 Å². The summed E-state index contributed by atoms with van der Waals surface area (Å²) in [6.45, 7) is 9.82. The van der Waals surface area contributed by atoms with Crippen LogP contribution in [0.3, 0.4) is 0 Å². The van der Waals surface area contributed by atoms with Gasteiger partial charge in [0.25, 0.3) is 0 Å². The molecule has 21 heavy (non-hydrogen) atoms. The zero-order valence-corrected chi connectivity index (χ0v) is 14.9. The minimum absolute atomic E-state index is 0.262. The highest BCUT2D eigenvalue weighted by atomic mass is 79.9. The van der Waals surface area contributed by atoms with E-state index in [9.17, 15) is 0 Å². The summed E-state index contributed by atoms with van der Waals surface area (Å²) in [4.78, 5) is 0. The first-order chi connectivity index (χ1) is 10.0. The Kier molecular flexibility index (Phi) is 5.60. The fraction of sp³-hybridized carbons (Fsp3) is 0.368. The molecular weight excluding hydrogens is 322 g/mol. The number of aryl methyl sites for hydroxylation is 2. The van der Waals surface area contributed by atoms with Gasteiger partial charge >= 0.3 is 0 Å². The first-order valence-electron chi connectivity index (χ1n) is 7.60. The smallest absolute Gasteiger partial charge is 0.0582 e. The molecule has 0 radical (unpaired) electrons. The third kappa shape index (κ3) is 3.75. The maximum absolute atomic E-state index is 3.72. The lowest BCUT2D eigenvalue weighted by Gasteiger charge is -2.24. The van der Waals surface area contributed by atoms with Crippen molar-refractivity contribution >= 4 is 15.9 Å². The summed E-state index contributed by atoms with van der Waals surface area (Å²) >= 11 is 3.56. The van der Waals surface area contributed by atoms with Gasteiger partial charge in [0.1, 0.15) is 0 Å². The molecule has 0 spiro atoms. The van der Waals surface area contributed by atoms with Crippen LogP contribution in [-0.4, -0.2) is 6.54 Å². The highest BCUT2D eigenvalue weighted by molar-refractivity contribution is 9.10. The Hall–Kier alpha value is -1.12. The predicted octanol–water partition coefficient (Wildman–Crippen LogP) is 5.46. The Bertz CT molecular complexity index is 619. The molecule has 0 aliphatic rings. The monoisotopic (exact) mass is 345 g/mol. The van der Waals surface area contributed by atoms with E-state index >= 15 is 0 Å². The molecule has 2 heteroatoms. The van der Waals surface area contributed by atoms with Crippen molar-refractivity contribution in [1.29, 1.82) is 0 Å². The van der Waals surface area contributed by atoms with Gasteiger partial charge in [0, 0.05) is 4.47 Å². The first kappa shape index (κ1) is 16.3. The first-order valence-corrected chi connectivity index (χ1v) is 8.39. The van der Waals surface area contributed by atoms with Crippen molar-refractivity contribution in [3.05, 3.63) is 68.7 Å². The normalized spacial score (nSPS) is 12.4. The molecule has 0 aliphatic carbocycles. The van der Waals surface area contributed by atoms with E-state index in [-0.39, 0.29) is 6.04 Å². The number of hydrogen-bond acceptors (Lipinski definition) is 1. The van der Waals surface area contributed by atoms with Crippen LogP contribution in [0.4, 0.5) is 0 Å². The predicted molar refractivity (Wildman–Crippen MR) is 94.9 cm³/mol. The lowest BCUT2D eigenvalue weighted by molar-refractivity contribution is 0.593. The molecule has 0 aromatic heterocycles. The molecule has 0 saturated carbocycles. The molecule has 2 aromatic carbocycles. The van der Waals surface area contributed by atoms with Crippen LogP contribution < -0.4 is 5.32 Å². The topological polar surface area (TPSA) is 12.0 Å². The summed E-state index contributed by atoms with van der Waals surface area (Å²) in [5.74, 6) is 0. The van der Waals surface area contributed by atoms with E-state index < -0.39 is 0 Å². The molecule has 112 valence electrons. The minimum Gasteiger partial charge on any atom is -0.306 e. The number of benzene rings is 2. The maximum Gasteiger partial charge on any atom is 0.0582 e. The fourth-order valence-corrected chi connectivity index (χ4v) is 3.20. The quantitative estimate of drug-likeness (QED) is 0.758. The molecule has 0 bridgehead atoms. The second-order valence-electron chi connectivity index (χ2n) is 5.68. The van der Waals surface area contributed by atoms with Gasteiger partial charge in [0.05, 0.1) is 6.04 Å². The van der Waals surface area contributed by atoms with Crippen molar-refractivity contribution < 1.29 is 0 Å². The van der Waals surface area contributed by atoms with Crippen molar-refractivity contribution in [1.82, 2.24) is 5.32 Å². The molecule has 0 aliphatic heterocycles. The Balaban J connectivity index is 2.49. The summed E-state index contributed by atoms with van der Waals surface area (Å²) in [5.41, 5.74) is 6.80. The number of nitrogens with one attached hydrogen (secondary N) is 1. The molecule has 2 rings (SSSR count). The van der Waals surface area contributed by atoms with E-state index in [1.165, 1.54) is 27.8 Å². The molecule has 0 fully saturated rings. The van der Waals surface area contributed by atoms with E-state index in [0.717, 1.165) is 17.4 Å². The number of rotatable bonds is 5. The second-order valence-corrected chi connectivity index (χ2v) is 6.59. The number of hydrogen-bond donors (Lipinski definition) is 1. The Labute approximate surface area is 136 Å². The van der Waals surface area contributed by atoms with Gasteiger partial charge in [-0.3, -0.25) is 0 Å². The van der Waals surface area contributed by atoms with Crippen molar-refractivity contribution in [2.24, 2.45) is 0 Å². The third-order valence-corrected chi connectivity index (χ3v) is 4.59. The SMILES string of the molecule is CCCNC(c1ccc(Br)cc1C)c1cccc(C)c1C. The highest BCUT2D eigenvalue weighted by Gasteiger charge is 2.18. The third-order valence-electron chi connectivity index (χ3n) is 4.10. The Morgan fingerprint density at radius 2 is 1.76 bits per heavy atom. The standard InChI is InChI=1S/C19H24BrN/c1-5-11-21-19(17-10-9-16(20)12-14(17)3)18-8-6-7-13(2)15(18)4/h6-10,12,19,21H,5,11H2,1-4H3. The van der Waals surface area contributed by atoms with Gasteiger partial charge in [0.2, 0.25) is 0 Å². The van der Waals surface area contributed by atoms with Gasteiger partial charge in [-0.25, -0.2) is 0 Å². The Morgan fingerprint density at radius 1 is 1.00 bits per heavy atom. The van der Waals surface area contributed by atoms with Gasteiger partial charge in [0.15, 0.2) is 0 Å². The van der Waals surface area contributed by atoms with Crippen LogP contribution in [-0.2, 0) is 0 Å². The molecule has 1 nitrogen and oxygen atoms in total. The van der Waals surface area contributed by atoms with E-state index in [2.05, 4.69) is 85.3 Å². The summed E-state index contributed by atoms with van der Waals surface area (Å²) in [5, 5.41) is 3.72. The lowest BCUT2D eigenvalue weighted by Crippen LogP contribution is -2.24. The van der Waals surface area contributed by atoms with Gasteiger partial charge < -0.3 is 5.32 Å². The van der Waals surface area contributed by atoms with E-state index in [4.69, 9.17) is 0 Å². The van der Waals surface area contributed by atoms with Crippen molar-refractivity contribution in [2.75, 3.05) is 6.54 Å². The van der Waals surface area contributed by atoms with Crippen LogP contribution in [0, 0.1) is 20.8 Å². The molecular formula is C19H24BrN. The lowest BCUT2D eigenvalue weighted by atomic mass is 9.90. The summed E-state index contributed by atoms with van der Waals surface area (Å²) < 4.78 is 1.14. The highest BCUT2D eigenvalue weighted by Crippen LogP contribution is 2.30. The van der Waals surface area contributed by atoms with Crippen LogP contribution in [0.2, 0.25) is 0 Å². The zero-order chi connectivity index (χ0) is 15.4. The number of halogens is 1. The van der Waals surface area contributed by atoms with Gasteiger partial charge in [-0.15, -0.1) is 0 Å². The summed E-state index contributed by atoms with van der Waals surface area (Å²) in [6.07, 6.45) is 1.14. The van der Waals surface area contributed by atoms with E-state index in [1.807, 2.05) is 0 Å². The average Bonchev–Trinajstić information content (AvgIpc) is 2.45. The van der Waals surface area contributed by atoms with Crippen molar-refractivity contribution in [2.45, 2.75) is 40.2 Å². The molecule has 0 amide bonds. The molecule has 1 atom stereocenters. The molecule has 2 aromatic rings. The summed E-state index contributed by atoms with van der Waals surface area (Å²) in [7, 11) is 0. The van der Waals surface area contributed by atoms with Crippen LogP contribution in [0.5, 0.6) is 0 Å². The molecule has 1 N–H and O–H groups in total. The zero-order valence-electron chi connectivity index (χ0n) is 13.3. The second kappa shape index (κ2) is 7.24. The maximum atomic E-state index is 3.72. The Morgan fingerprint density at radius 3 is 2.43 bits per heavy atom. The van der Waals surface area contributed by atoms with Crippen molar-refractivity contribution in [3.63, 3.8) is 0 Å². The summed E-state index contributed by atoms with van der Waals surface area (Å²) in [6, 6.07) is 13.4. The van der Waals surface area contributed by atoms with Crippen LogP contribution >= 0.6 is 15.9 Å². The largest absolute Gasteiger partial charge is 0.306 e.